The van der Waals surface area contributed by atoms with Gasteiger partial charge in [0, 0.05) is 25.3 Å². The van der Waals surface area contributed by atoms with Crippen molar-refractivity contribution in [2.45, 2.75) is 57.2 Å². The molecule has 0 radical (unpaired) electrons. The standard InChI is InChI=1S/C12H23NO2/c1-2-3-12-8-10(5-7-15-12)13-11-4-6-14-9-11/h10-13H,2-9H2,1H3. The lowest BCUT2D eigenvalue weighted by Gasteiger charge is -2.31. The molecule has 2 aliphatic heterocycles. The van der Waals surface area contributed by atoms with E-state index in [1.165, 1.54) is 25.7 Å². The van der Waals surface area contributed by atoms with Crippen LogP contribution in [0.5, 0.6) is 0 Å². The highest BCUT2D eigenvalue weighted by Gasteiger charge is 2.25. The van der Waals surface area contributed by atoms with Crippen LogP contribution in [-0.4, -0.2) is 38.0 Å². The molecule has 2 saturated heterocycles. The Hall–Kier alpha value is -0.120. The van der Waals surface area contributed by atoms with E-state index in [1.807, 2.05) is 0 Å². The van der Waals surface area contributed by atoms with Gasteiger partial charge in [0.2, 0.25) is 0 Å². The van der Waals surface area contributed by atoms with Crippen molar-refractivity contribution in [3.8, 4) is 0 Å². The second kappa shape index (κ2) is 5.83. The quantitative estimate of drug-likeness (QED) is 0.771. The van der Waals surface area contributed by atoms with E-state index in [2.05, 4.69) is 12.2 Å². The molecule has 3 heteroatoms. The predicted molar refractivity (Wildman–Crippen MR) is 60.0 cm³/mol. The van der Waals surface area contributed by atoms with E-state index >= 15 is 0 Å². The summed E-state index contributed by atoms with van der Waals surface area (Å²) in [5, 5.41) is 3.70. The molecule has 1 N–H and O–H groups in total. The van der Waals surface area contributed by atoms with Gasteiger partial charge in [-0.15, -0.1) is 0 Å². The van der Waals surface area contributed by atoms with Gasteiger partial charge in [-0.1, -0.05) is 13.3 Å². The van der Waals surface area contributed by atoms with E-state index in [4.69, 9.17) is 9.47 Å². The van der Waals surface area contributed by atoms with Crippen molar-refractivity contribution in [2.24, 2.45) is 0 Å². The van der Waals surface area contributed by atoms with Crippen LogP contribution in [0, 0.1) is 0 Å². The Labute approximate surface area is 92.5 Å². The Morgan fingerprint density at radius 1 is 1.20 bits per heavy atom. The molecule has 0 aromatic heterocycles. The van der Waals surface area contributed by atoms with Crippen LogP contribution in [0.25, 0.3) is 0 Å². The largest absolute Gasteiger partial charge is 0.380 e. The summed E-state index contributed by atoms with van der Waals surface area (Å²) in [6.45, 7) is 4.98. The molecule has 15 heavy (non-hydrogen) atoms. The lowest BCUT2D eigenvalue weighted by atomic mass is 9.99. The molecule has 0 aliphatic carbocycles. The molecule has 0 aromatic rings. The molecule has 3 unspecified atom stereocenters. The minimum Gasteiger partial charge on any atom is -0.380 e. The first-order valence-corrected chi connectivity index (χ1v) is 6.34. The van der Waals surface area contributed by atoms with Crippen LogP contribution in [-0.2, 0) is 9.47 Å². The van der Waals surface area contributed by atoms with Crippen LogP contribution < -0.4 is 5.32 Å². The molecule has 0 saturated carbocycles. The second-order valence-electron chi connectivity index (χ2n) is 4.73. The molecule has 2 rings (SSSR count). The van der Waals surface area contributed by atoms with E-state index in [0.717, 1.165) is 26.2 Å². The normalized spacial score (nSPS) is 37.0. The third-order valence-corrected chi connectivity index (χ3v) is 3.38. The van der Waals surface area contributed by atoms with Gasteiger partial charge in [0.05, 0.1) is 12.7 Å². The van der Waals surface area contributed by atoms with E-state index in [9.17, 15) is 0 Å². The summed E-state index contributed by atoms with van der Waals surface area (Å²) >= 11 is 0. The van der Waals surface area contributed by atoms with E-state index < -0.39 is 0 Å². The zero-order valence-electron chi connectivity index (χ0n) is 9.71. The summed E-state index contributed by atoms with van der Waals surface area (Å²) in [6.07, 6.45) is 6.45. The highest BCUT2D eigenvalue weighted by Crippen LogP contribution is 2.19. The third-order valence-electron chi connectivity index (χ3n) is 3.38. The number of nitrogens with one attached hydrogen (secondary N) is 1. The predicted octanol–water partition coefficient (Wildman–Crippen LogP) is 1.71. The van der Waals surface area contributed by atoms with Crippen molar-refractivity contribution in [1.82, 2.24) is 5.32 Å². The first-order chi connectivity index (χ1) is 7.38. The molecule has 3 nitrogen and oxygen atoms in total. The molecule has 0 amide bonds. The summed E-state index contributed by atoms with van der Waals surface area (Å²) < 4.78 is 11.1. The Balaban J connectivity index is 1.71. The minimum atomic E-state index is 0.489. The van der Waals surface area contributed by atoms with Crippen molar-refractivity contribution in [3.63, 3.8) is 0 Å². The van der Waals surface area contributed by atoms with Crippen LogP contribution in [0.4, 0.5) is 0 Å². The number of hydrogen-bond donors (Lipinski definition) is 1. The molecular formula is C12H23NO2. The fourth-order valence-electron chi connectivity index (χ4n) is 2.55. The summed E-state index contributed by atoms with van der Waals surface area (Å²) in [7, 11) is 0. The maximum atomic E-state index is 5.74. The van der Waals surface area contributed by atoms with Gasteiger partial charge in [-0.25, -0.2) is 0 Å². The fraction of sp³-hybridized carbons (Fsp3) is 1.00. The molecule has 2 fully saturated rings. The number of hydrogen-bond acceptors (Lipinski definition) is 3. The summed E-state index contributed by atoms with van der Waals surface area (Å²) in [5.74, 6) is 0. The monoisotopic (exact) mass is 213 g/mol. The Bertz CT molecular complexity index is 178. The van der Waals surface area contributed by atoms with Crippen LogP contribution in [0.3, 0.4) is 0 Å². The average molecular weight is 213 g/mol. The average Bonchev–Trinajstić information content (AvgIpc) is 2.71. The van der Waals surface area contributed by atoms with Crippen molar-refractivity contribution < 1.29 is 9.47 Å². The van der Waals surface area contributed by atoms with Crippen LogP contribution in [0.15, 0.2) is 0 Å². The molecule has 0 aromatic carbocycles. The first-order valence-electron chi connectivity index (χ1n) is 6.34. The molecule has 2 heterocycles. The van der Waals surface area contributed by atoms with Gasteiger partial charge in [-0.2, -0.15) is 0 Å². The maximum Gasteiger partial charge on any atom is 0.0620 e. The SMILES string of the molecule is CCCC1CC(NC2CCOC2)CCO1. The van der Waals surface area contributed by atoms with E-state index in [0.29, 0.717) is 18.2 Å². The van der Waals surface area contributed by atoms with Gasteiger partial charge in [-0.05, 0) is 25.7 Å². The Morgan fingerprint density at radius 2 is 2.07 bits per heavy atom. The van der Waals surface area contributed by atoms with Crippen molar-refractivity contribution in [3.05, 3.63) is 0 Å². The molecule has 3 atom stereocenters. The zero-order chi connectivity index (χ0) is 10.5. The smallest absolute Gasteiger partial charge is 0.0620 e. The van der Waals surface area contributed by atoms with Gasteiger partial charge in [0.15, 0.2) is 0 Å². The van der Waals surface area contributed by atoms with Gasteiger partial charge in [0.25, 0.3) is 0 Å². The fourth-order valence-corrected chi connectivity index (χ4v) is 2.55. The lowest BCUT2D eigenvalue weighted by Crippen LogP contribution is -2.44. The zero-order valence-corrected chi connectivity index (χ0v) is 9.71. The number of rotatable bonds is 4. The topological polar surface area (TPSA) is 30.5 Å². The first kappa shape index (κ1) is 11.4. The van der Waals surface area contributed by atoms with E-state index in [-0.39, 0.29) is 0 Å². The molecule has 88 valence electrons. The van der Waals surface area contributed by atoms with Gasteiger partial charge in [0.1, 0.15) is 0 Å². The highest BCUT2D eigenvalue weighted by molar-refractivity contribution is 4.82. The summed E-state index contributed by atoms with van der Waals surface area (Å²) in [5.41, 5.74) is 0. The minimum absolute atomic E-state index is 0.489. The Morgan fingerprint density at radius 3 is 2.80 bits per heavy atom. The van der Waals surface area contributed by atoms with Gasteiger partial charge >= 0.3 is 0 Å². The molecule has 2 aliphatic rings. The summed E-state index contributed by atoms with van der Waals surface area (Å²) in [6, 6.07) is 1.25. The van der Waals surface area contributed by atoms with Gasteiger partial charge in [-0.3, -0.25) is 0 Å². The van der Waals surface area contributed by atoms with E-state index in [1.54, 1.807) is 0 Å². The number of ether oxygens (including phenoxy) is 2. The van der Waals surface area contributed by atoms with Crippen molar-refractivity contribution in [2.75, 3.05) is 19.8 Å². The molecule has 0 bridgehead atoms. The lowest BCUT2D eigenvalue weighted by molar-refractivity contribution is -0.00519. The van der Waals surface area contributed by atoms with Crippen molar-refractivity contribution >= 4 is 0 Å². The second-order valence-corrected chi connectivity index (χ2v) is 4.73. The molecule has 0 spiro atoms. The highest BCUT2D eigenvalue weighted by atomic mass is 16.5. The van der Waals surface area contributed by atoms with Crippen LogP contribution in [0.2, 0.25) is 0 Å². The van der Waals surface area contributed by atoms with Gasteiger partial charge < -0.3 is 14.8 Å². The molecular weight excluding hydrogens is 190 g/mol. The maximum absolute atomic E-state index is 5.74. The van der Waals surface area contributed by atoms with Crippen LogP contribution >= 0.6 is 0 Å². The summed E-state index contributed by atoms with van der Waals surface area (Å²) in [4.78, 5) is 0. The van der Waals surface area contributed by atoms with Crippen molar-refractivity contribution in [1.29, 1.82) is 0 Å². The third kappa shape index (κ3) is 3.44. The Kier molecular flexibility index (Phi) is 4.42. The van der Waals surface area contributed by atoms with Crippen LogP contribution in [0.1, 0.15) is 39.0 Å².